The molecule has 0 unspecified atom stereocenters. The highest BCUT2D eigenvalue weighted by Gasteiger charge is 2.50. The highest BCUT2D eigenvalue weighted by atomic mass is 35.5. The molecule has 8 nitrogen and oxygen atoms in total. The summed E-state index contributed by atoms with van der Waals surface area (Å²) in [5.41, 5.74) is 2.41. The molecule has 0 bridgehead atoms. The van der Waals surface area contributed by atoms with Crippen molar-refractivity contribution in [3.8, 4) is 0 Å². The lowest BCUT2D eigenvalue weighted by molar-refractivity contribution is -0.125. The van der Waals surface area contributed by atoms with Crippen molar-refractivity contribution in [2.45, 2.75) is 37.9 Å². The fraction of sp³-hybridized carbons (Fsp3) is 0.400. The number of ether oxygens (including phenoxy) is 1. The van der Waals surface area contributed by atoms with Crippen LogP contribution in [0.25, 0.3) is 11.0 Å². The van der Waals surface area contributed by atoms with E-state index < -0.39 is 24.0 Å². The summed E-state index contributed by atoms with van der Waals surface area (Å²) in [6, 6.07) is 6.75. The molecule has 1 saturated heterocycles. The summed E-state index contributed by atoms with van der Waals surface area (Å²) in [7, 11) is 1.49. The van der Waals surface area contributed by atoms with E-state index in [1.54, 1.807) is 35.9 Å². The summed E-state index contributed by atoms with van der Waals surface area (Å²) >= 11 is 12.1. The Morgan fingerprint density at radius 2 is 2.00 bits per heavy atom. The summed E-state index contributed by atoms with van der Waals surface area (Å²) in [5.74, 6) is 0.122. The van der Waals surface area contributed by atoms with Gasteiger partial charge in [0.2, 0.25) is 0 Å². The quantitative estimate of drug-likeness (QED) is 0.508. The number of nitrogens with one attached hydrogen (secondary N) is 1. The Morgan fingerprint density at radius 3 is 2.70 bits per heavy atom. The molecule has 2 aromatic heterocycles. The van der Waals surface area contributed by atoms with Crippen molar-refractivity contribution in [2.75, 3.05) is 12.6 Å². The third kappa shape index (κ3) is 3.43. The monoisotopic (exact) mass is 452 g/mol. The standard InChI is InChI=1S/C20H22Cl2N4O4/c1-10-15(27)19(26-7-6-12-17(25-29-3)23-9-24-18(12)26)30-16(10)20(2,28)11-4-5-13(21)14(22)8-11/h4-10,15-16,19,27-28H,1-3H3,(H,23,24,25)/t10-,15+,16-,19+,20+/m0/s1. The van der Waals surface area contributed by atoms with Gasteiger partial charge in [-0.3, -0.25) is 4.84 Å². The summed E-state index contributed by atoms with van der Waals surface area (Å²) in [4.78, 5) is 13.4. The van der Waals surface area contributed by atoms with Gasteiger partial charge in [0.1, 0.15) is 23.7 Å². The number of fused-ring (bicyclic) bond motifs is 1. The summed E-state index contributed by atoms with van der Waals surface area (Å²) in [6.45, 7) is 3.47. The molecule has 1 aliphatic heterocycles. The van der Waals surface area contributed by atoms with Crippen LogP contribution >= 0.6 is 23.2 Å². The Hall–Kier alpha value is -1.94. The third-order valence-electron chi connectivity index (χ3n) is 5.63. The van der Waals surface area contributed by atoms with Crippen molar-refractivity contribution < 1.29 is 19.8 Å². The van der Waals surface area contributed by atoms with E-state index in [1.165, 1.54) is 13.4 Å². The van der Waals surface area contributed by atoms with Gasteiger partial charge in [0.05, 0.1) is 28.6 Å². The van der Waals surface area contributed by atoms with Gasteiger partial charge in [0.25, 0.3) is 0 Å². The molecule has 0 saturated carbocycles. The summed E-state index contributed by atoms with van der Waals surface area (Å²) in [5, 5.41) is 23.7. The van der Waals surface area contributed by atoms with Crippen molar-refractivity contribution in [2.24, 2.45) is 5.92 Å². The highest BCUT2D eigenvalue weighted by molar-refractivity contribution is 6.42. The fourth-order valence-corrected chi connectivity index (χ4v) is 4.30. The Balaban J connectivity index is 1.69. The lowest BCUT2D eigenvalue weighted by Gasteiger charge is -2.33. The SMILES string of the molecule is CONc1ncnc2c1ccn2[C@@H]1O[C@H]([C@](C)(O)c2ccc(Cl)c(Cl)c2)[C@@H](C)[C@H]1O. The van der Waals surface area contributed by atoms with E-state index in [4.69, 9.17) is 32.8 Å². The van der Waals surface area contributed by atoms with Crippen LogP contribution in [0.2, 0.25) is 10.0 Å². The van der Waals surface area contributed by atoms with Gasteiger partial charge in [-0.25, -0.2) is 15.4 Å². The number of aliphatic hydroxyl groups is 2. The van der Waals surface area contributed by atoms with Crippen LogP contribution in [0.15, 0.2) is 36.8 Å². The zero-order valence-corrected chi connectivity index (χ0v) is 18.1. The Bertz CT molecular complexity index is 1070. The molecule has 0 radical (unpaired) electrons. The maximum atomic E-state index is 11.3. The van der Waals surface area contributed by atoms with E-state index in [1.807, 2.05) is 13.0 Å². The maximum absolute atomic E-state index is 11.3. The largest absolute Gasteiger partial charge is 0.388 e. The molecule has 10 heteroatoms. The number of rotatable bonds is 5. The first-order chi connectivity index (χ1) is 14.3. The molecule has 3 aromatic rings. The number of aromatic nitrogens is 3. The second kappa shape index (κ2) is 7.96. The zero-order chi connectivity index (χ0) is 21.6. The van der Waals surface area contributed by atoms with Crippen LogP contribution in [0.3, 0.4) is 0 Å². The molecule has 0 spiro atoms. The predicted octanol–water partition coefficient (Wildman–Crippen LogP) is 3.51. The summed E-state index contributed by atoms with van der Waals surface area (Å²) in [6.07, 6.45) is 0.826. The maximum Gasteiger partial charge on any atom is 0.162 e. The predicted molar refractivity (Wildman–Crippen MR) is 113 cm³/mol. The molecule has 3 heterocycles. The molecule has 4 rings (SSSR count). The lowest BCUT2D eigenvalue weighted by Crippen LogP contribution is -2.40. The van der Waals surface area contributed by atoms with Gasteiger partial charge in [0.15, 0.2) is 12.0 Å². The molecule has 5 atom stereocenters. The zero-order valence-electron chi connectivity index (χ0n) is 16.6. The van der Waals surface area contributed by atoms with Gasteiger partial charge in [0, 0.05) is 12.1 Å². The second-order valence-corrected chi connectivity index (χ2v) is 8.38. The molecule has 1 aliphatic rings. The van der Waals surface area contributed by atoms with Gasteiger partial charge < -0.3 is 19.5 Å². The van der Waals surface area contributed by atoms with E-state index >= 15 is 0 Å². The van der Waals surface area contributed by atoms with Crippen LogP contribution in [0.4, 0.5) is 5.82 Å². The average Bonchev–Trinajstić information content (AvgIpc) is 3.27. The van der Waals surface area contributed by atoms with Gasteiger partial charge in [-0.1, -0.05) is 36.2 Å². The molecular formula is C20H22Cl2N4O4. The van der Waals surface area contributed by atoms with Crippen LogP contribution in [0.1, 0.15) is 25.6 Å². The first kappa shape index (κ1) is 21.3. The van der Waals surface area contributed by atoms with Gasteiger partial charge in [-0.2, -0.15) is 0 Å². The van der Waals surface area contributed by atoms with Crippen molar-refractivity contribution in [1.29, 1.82) is 0 Å². The van der Waals surface area contributed by atoms with Crippen molar-refractivity contribution in [3.63, 3.8) is 0 Å². The topological polar surface area (TPSA) is 102 Å². The van der Waals surface area contributed by atoms with Crippen LogP contribution in [0.5, 0.6) is 0 Å². The minimum atomic E-state index is -1.41. The van der Waals surface area contributed by atoms with E-state index in [2.05, 4.69) is 15.4 Å². The first-order valence-electron chi connectivity index (χ1n) is 9.37. The van der Waals surface area contributed by atoms with Crippen LogP contribution in [-0.2, 0) is 15.2 Å². The van der Waals surface area contributed by atoms with Gasteiger partial charge >= 0.3 is 0 Å². The van der Waals surface area contributed by atoms with Crippen LogP contribution in [-0.4, -0.2) is 44.1 Å². The Morgan fingerprint density at radius 1 is 1.23 bits per heavy atom. The first-order valence-corrected chi connectivity index (χ1v) is 10.1. The molecule has 1 aromatic carbocycles. The number of anilines is 1. The number of hydrogen-bond donors (Lipinski definition) is 3. The average molecular weight is 453 g/mol. The molecule has 160 valence electrons. The second-order valence-electron chi connectivity index (χ2n) is 7.56. The van der Waals surface area contributed by atoms with E-state index in [9.17, 15) is 10.2 Å². The number of aliphatic hydroxyl groups excluding tert-OH is 1. The fourth-order valence-electron chi connectivity index (χ4n) is 4.00. The van der Waals surface area contributed by atoms with Crippen molar-refractivity contribution in [3.05, 3.63) is 52.4 Å². The molecule has 30 heavy (non-hydrogen) atoms. The minimum absolute atomic E-state index is 0.337. The normalized spacial score (nSPS) is 26.1. The Labute approximate surface area is 183 Å². The number of halogens is 2. The van der Waals surface area contributed by atoms with E-state index in [0.717, 1.165) is 0 Å². The highest BCUT2D eigenvalue weighted by Crippen LogP contribution is 2.44. The van der Waals surface area contributed by atoms with Crippen molar-refractivity contribution >= 4 is 40.1 Å². The number of hydrogen-bond acceptors (Lipinski definition) is 7. The van der Waals surface area contributed by atoms with Gasteiger partial charge in [-0.05, 0) is 30.7 Å². The lowest BCUT2D eigenvalue weighted by atomic mass is 9.83. The molecular weight excluding hydrogens is 431 g/mol. The van der Waals surface area contributed by atoms with Crippen molar-refractivity contribution in [1.82, 2.24) is 14.5 Å². The smallest absolute Gasteiger partial charge is 0.162 e. The number of benzene rings is 1. The third-order valence-corrected chi connectivity index (χ3v) is 6.37. The minimum Gasteiger partial charge on any atom is -0.388 e. The molecule has 3 N–H and O–H groups in total. The number of nitrogens with zero attached hydrogens (tertiary/aromatic N) is 3. The Kier molecular flexibility index (Phi) is 5.65. The van der Waals surface area contributed by atoms with E-state index in [0.29, 0.717) is 32.5 Å². The van der Waals surface area contributed by atoms with Gasteiger partial charge in [-0.15, -0.1) is 0 Å². The van der Waals surface area contributed by atoms with Crippen LogP contribution in [0, 0.1) is 5.92 Å². The molecule has 0 aliphatic carbocycles. The van der Waals surface area contributed by atoms with E-state index in [-0.39, 0.29) is 5.92 Å². The molecule has 0 amide bonds. The molecule has 1 fully saturated rings. The summed E-state index contributed by atoms with van der Waals surface area (Å²) < 4.78 is 7.93. The van der Waals surface area contributed by atoms with Crippen LogP contribution < -0.4 is 5.48 Å².